The molecule has 1 heterocycles. The van der Waals surface area contributed by atoms with Crippen molar-refractivity contribution in [1.82, 2.24) is 5.32 Å². The van der Waals surface area contributed by atoms with E-state index in [1.807, 2.05) is 46.8 Å². The van der Waals surface area contributed by atoms with Crippen molar-refractivity contribution >= 4 is 0 Å². The number of hydrogen-bond acceptors (Lipinski definition) is 1. The van der Waals surface area contributed by atoms with E-state index in [9.17, 15) is 4.39 Å². The monoisotopic (exact) mass is 241 g/mol. The maximum Gasteiger partial charge on any atom is 0.130 e. The maximum atomic E-state index is 13.7. The first-order chi connectivity index (χ1) is 8.29. The molecule has 1 aliphatic heterocycles. The van der Waals surface area contributed by atoms with Crippen molar-refractivity contribution in [3.8, 4) is 0 Å². The molecule has 17 heavy (non-hydrogen) atoms. The van der Waals surface area contributed by atoms with Gasteiger partial charge in [0.2, 0.25) is 0 Å². The summed E-state index contributed by atoms with van der Waals surface area (Å²) >= 11 is 0. The third kappa shape index (κ3) is 7.11. The third-order valence-electron chi connectivity index (χ3n) is 2.21. The van der Waals surface area contributed by atoms with Crippen molar-refractivity contribution in [2.75, 3.05) is 13.1 Å². The smallest absolute Gasteiger partial charge is 0.130 e. The number of nitrogens with one attached hydrogen (secondary N) is 1. The van der Waals surface area contributed by atoms with Crippen LogP contribution in [0.5, 0.6) is 0 Å². The van der Waals surface area contributed by atoms with Crippen molar-refractivity contribution in [3.63, 3.8) is 0 Å². The highest BCUT2D eigenvalue weighted by molar-refractivity contribution is 5.28. The Morgan fingerprint density at radius 1 is 1.29 bits per heavy atom. The molecule has 0 spiro atoms. The van der Waals surface area contributed by atoms with E-state index in [1.165, 1.54) is 0 Å². The zero-order valence-electron chi connectivity index (χ0n) is 12.0. The standard InChI is InChI=1S/C11H16FN.2C2H6/c1-3-5-9(6-4-2)11(12)10-7-13-8-10;2*1-2/h3-6,10-11,13H,1,7-8H2,2H3;2*1-2H3/b6-4-,9-5+;;. The van der Waals surface area contributed by atoms with Crippen molar-refractivity contribution < 1.29 is 4.39 Å². The minimum atomic E-state index is -0.851. The lowest BCUT2D eigenvalue weighted by atomic mass is 9.91. The highest BCUT2D eigenvalue weighted by Gasteiger charge is 2.28. The number of hydrogen-bond donors (Lipinski definition) is 1. The molecule has 100 valence electrons. The molecule has 1 nitrogen and oxygen atoms in total. The molecule has 0 aromatic rings. The number of allylic oxidation sites excluding steroid dienone is 5. The minimum absolute atomic E-state index is 0.141. The summed E-state index contributed by atoms with van der Waals surface area (Å²) in [5.74, 6) is 0.141. The van der Waals surface area contributed by atoms with E-state index in [0.29, 0.717) is 0 Å². The normalized spacial score (nSPS) is 17.2. The summed E-state index contributed by atoms with van der Waals surface area (Å²) in [6, 6.07) is 0. The van der Waals surface area contributed by atoms with Crippen LogP contribution in [0.1, 0.15) is 34.6 Å². The second-order valence-corrected chi connectivity index (χ2v) is 3.22. The Kier molecular flexibility index (Phi) is 14.3. The van der Waals surface area contributed by atoms with Gasteiger partial charge in [-0.1, -0.05) is 58.6 Å². The Balaban J connectivity index is 0. The van der Waals surface area contributed by atoms with Crippen LogP contribution in [0.4, 0.5) is 4.39 Å². The van der Waals surface area contributed by atoms with Gasteiger partial charge in [0.15, 0.2) is 0 Å². The fourth-order valence-electron chi connectivity index (χ4n) is 1.36. The van der Waals surface area contributed by atoms with Gasteiger partial charge in [-0.15, -0.1) is 0 Å². The second-order valence-electron chi connectivity index (χ2n) is 3.22. The molecular weight excluding hydrogens is 213 g/mol. The van der Waals surface area contributed by atoms with Crippen LogP contribution in [0.2, 0.25) is 0 Å². The molecule has 1 saturated heterocycles. The average molecular weight is 241 g/mol. The van der Waals surface area contributed by atoms with Crippen LogP contribution in [0.15, 0.2) is 36.5 Å². The van der Waals surface area contributed by atoms with Crippen LogP contribution < -0.4 is 5.32 Å². The summed E-state index contributed by atoms with van der Waals surface area (Å²) in [5.41, 5.74) is 0.726. The minimum Gasteiger partial charge on any atom is -0.316 e. The second kappa shape index (κ2) is 13.2. The van der Waals surface area contributed by atoms with Gasteiger partial charge in [-0.3, -0.25) is 0 Å². The van der Waals surface area contributed by atoms with Gasteiger partial charge >= 0.3 is 0 Å². The summed E-state index contributed by atoms with van der Waals surface area (Å²) in [5, 5.41) is 3.06. The predicted octanol–water partition coefficient (Wildman–Crippen LogP) is 4.28. The molecule has 0 bridgehead atoms. The van der Waals surface area contributed by atoms with Crippen LogP contribution in [0, 0.1) is 5.92 Å². The van der Waals surface area contributed by atoms with Crippen LogP contribution in [0.25, 0.3) is 0 Å². The quantitative estimate of drug-likeness (QED) is 0.724. The Labute approximate surface area is 107 Å². The van der Waals surface area contributed by atoms with Gasteiger partial charge in [0, 0.05) is 19.0 Å². The Morgan fingerprint density at radius 2 is 1.82 bits per heavy atom. The summed E-state index contributed by atoms with van der Waals surface area (Å²) in [6.07, 6.45) is 6.19. The van der Waals surface area contributed by atoms with E-state index in [1.54, 1.807) is 12.2 Å². The summed E-state index contributed by atoms with van der Waals surface area (Å²) in [7, 11) is 0. The molecule has 1 unspecified atom stereocenters. The largest absolute Gasteiger partial charge is 0.316 e. The van der Waals surface area contributed by atoms with Gasteiger partial charge < -0.3 is 5.32 Å². The van der Waals surface area contributed by atoms with Gasteiger partial charge in [0.1, 0.15) is 6.17 Å². The molecule has 0 saturated carbocycles. The first-order valence-electron chi connectivity index (χ1n) is 6.59. The number of alkyl halides is 1. The molecule has 0 radical (unpaired) electrons. The van der Waals surface area contributed by atoms with Gasteiger partial charge in [0.25, 0.3) is 0 Å². The van der Waals surface area contributed by atoms with Crippen LogP contribution in [-0.2, 0) is 0 Å². The molecular formula is C15H28FN. The number of halogens is 1. The van der Waals surface area contributed by atoms with Crippen molar-refractivity contribution in [2.24, 2.45) is 5.92 Å². The van der Waals surface area contributed by atoms with E-state index >= 15 is 0 Å². The summed E-state index contributed by atoms with van der Waals surface area (Å²) < 4.78 is 13.7. The SMILES string of the molecule is C=C/C=C(\C=C/C)C(F)C1CNC1.CC.CC. The maximum absolute atomic E-state index is 13.7. The van der Waals surface area contributed by atoms with Gasteiger partial charge in [-0.25, -0.2) is 4.39 Å². The predicted molar refractivity (Wildman–Crippen MR) is 77.0 cm³/mol. The fraction of sp³-hybridized carbons (Fsp3) is 0.600. The highest BCUT2D eigenvalue weighted by atomic mass is 19.1. The van der Waals surface area contributed by atoms with E-state index in [2.05, 4.69) is 11.9 Å². The lowest BCUT2D eigenvalue weighted by Gasteiger charge is -2.30. The molecule has 0 aromatic carbocycles. The van der Waals surface area contributed by atoms with Crippen molar-refractivity contribution in [3.05, 3.63) is 36.5 Å². The lowest BCUT2D eigenvalue weighted by Crippen LogP contribution is -2.47. The molecule has 1 atom stereocenters. The molecule has 2 heteroatoms. The van der Waals surface area contributed by atoms with Crippen LogP contribution in [0.3, 0.4) is 0 Å². The fourth-order valence-corrected chi connectivity index (χ4v) is 1.36. The Hall–Kier alpha value is -0.890. The van der Waals surface area contributed by atoms with E-state index in [0.717, 1.165) is 18.7 Å². The van der Waals surface area contributed by atoms with Crippen LogP contribution in [-0.4, -0.2) is 19.3 Å². The first kappa shape index (κ1) is 18.5. The van der Waals surface area contributed by atoms with Crippen LogP contribution >= 0.6 is 0 Å². The molecule has 1 aliphatic rings. The van der Waals surface area contributed by atoms with Crippen molar-refractivity contribution in [2.45, 2.75) is 40.8 Å². The van der Waals surface area contributed by atoms with Gasteiger partial charge in [-0.2, -0.15) is 0 Å². The molecule has 0 aromatic heterocycles. The van der Waals surface area contributed by atoms with Gasteiger partial charge in [-0.05, 0) is 12.5 Å². The molecule has 1 N–H and O–H groups in total. The topological polar surface area (TPSA) is 12.0 Å². The zero-order chi connectivity index (χ0) is 13.7. The molecule has 1 fully saturated rings. The number of rotatable bonds is 4. The van der Waals surface area contributed by atoms with Gasteiger partial charge in [0.05, 0.1) is 0 Å². The summed E-state index contributed by atoms with van der Waals surface area (Å²) in [4.78, 5) is 0. The van der Waals surface area contributed by atoms with E-state index < -0.39 is 6.17 Å². The average Bonchev–Trinajstić information content (AvgIpc) is 2.32. The lowest BCUT2D eigenvalue weighted by molar-refractivity contribution is 0.202. The van der Waals surface area contributed by atoms with E-state index in [4.69, 9.17) is 0 Å². The third-order valence-corrected chi connectivity index (χ3v) is 2.21. The molecule has 1 rings (SSSR count). The zero-order valence-corrected chi connectivity index (χ0v) is 12.0. The van der Waals surface area contributed by atoms with E-state index in [-0.39, 0.29) is 5.92 Å². The highest BCUT2D eigenvalue weighted by Crippen LogP contribution is 2.21. The van der Waals surface area contributed by atoms with Crippen molar-refractivity contribution in [1.29, 1.82) is 0 Å². The Morgan fingerprint density at radius 3 is 2.12 bits per heavy atom. The molecule has 0 amide bonds. The summed E-state index contributed by atoms with van der Waals surface area (Å²) in [6.45, 7) is 15.0. The Bertz CT molecular complexity index is 227. The molecule has 0 aliphatic carbocycles. The first-order valence-corrected chi connectivity index (χ1v) is 6.59.